The molecule has 2 aromatic carbocycles. The van der Waals surface area contributed by atoms with E-state index in [1.165, 1.54) is 4.90 Å². The molecule has 0 bridgehead atoms. The lowest BCUT2D eigenvalue weighted by molar-refractivity contribution is -0.123. The van der Waals surface area contributed by atoms with Gasteiger partial charge in [-0.05, 0) is 79.6 Å². The SMILES string of the molecule is COc1c(C)cc(/C=C2\SC(=O)N(CCOc3ccc(C)cc3)C2=O)cc1C. The molecule has 0 aliphatic carbocycles. The molecule has 5 nitrogen and oxygen atoms in total. The highest BCUT2D eigenvalue weighted by Gasteiger charge is 2.34. The van der Waals surface area contributed by atoms with Crippen LogP contribution in [0.5, 0.6) is 11.5 Å². The summed E-state index contributed by atoms with van der Waals surface area (Å²) in [6.45, 7) is 6.39. The topological polar surface area (TPSA) is 55.8 Å². The zero-order valence-electron chi connectivity index (χ0n) is 16.4. The van der Waals surface area contributed by atoms with Crippen LogP contribution in [0.4, 0.5) is 4.79 Å². The minimum absolute atomic E-state index is 0.219. The van der Waals surface area contributed by atoms with Crippen molar-refractivity contribution in [2.45, 2.75) is 20.8 Å². The lowest BCUT2D eigenvalue weighted by atomic mass is 10.1. The number of amides is 2. The fourth-order valence-electron chi connectivity index (χ4n) is 3.12. The second kappa shape index (κ2) is 8.52. The van der Waals surface area contributed by atoms with Crippen molar-refractivity contribution in [2.24, 2.45) is 0 Å². The fraction of sp³-hybridized carbons (Fsp3) is 0.273. The van der Waals surface area contributed by atoms with E-state index in [0.717, 1.165) is 45.5 Å². The van der Waals surface area contributed by atoms with Gasteiger partial charge in [-0.1, -0.05) is 17.7 Å². The van der Waals surface area contributed by atoms with E-state index in [9.17, 15) is 9.59 Å². The van der Waals surface area contributed by atoms with E-state index in [0.29, 0.717) is 4.91 Å². The van der Waals surface area contributed by atoms with E-state index < -0.39 is 0 Å². The largest absolute Gasteiger partial charge is 0.496 e. The van der Waals surface area contributed by atoms with Gasteiger partial charge < -0.3 is 9.47 Å². The van der Waals surface area contributed by atoms with Crippen LogP contribution < -0.4 is 9.47 Å². The third-order valence-electron chi connectivity index (χ3n) is 4.46. The van der Waals surface area contributed by atoms with Crippen molar-refractivity contribution in [1.82, 2.24) is 4.90 Å². The molecule has 2 amide bonds. The van der Waals surface area contributed by atoms with Gasteiger partial charge in [-0.15, -0.1) is 0 Å². The number of imide groups is 1. The fourth-order valence-corrected chi connectivity index (χ4v) is 3.99. The molecular weight excluding hydrogens is 374 g/mol. The smallest absolute Gasteiger partial charge is 0.293 e. The van der Waals surface area contributed by atoms with Crippen LogP contribution in [-0.4, -0.2) is 36.3 Å². The number of hydrogen-bond donors (Lipinski definition) is 0. The quantitative estimate of drug-likeness (QED) is 0.659. The van der Waals surface area contributed by atoms with Gasteiger partial charge in [-0.3, -0.25) is 14.5 Å². The molecule has 3 rings (SSSR count). The Kier molecular flexibility index (Phi) is 6.09. The van der Waals surface area contributed by atoms with Crippen molar-refractivity contribution in [3.8, 4) is 11.5 Å². The van der Waals surface area contributed by atoms with Crippen molar-refractivity contribution in [2.75, 3.05) is 20.3 Å². The van der Waals surface area contributed by atoms with Gasteiger partial charge in [0.2, 0.25) is 0 Å². The van der Waals surface area contributed by atoms with Crippen molar-refractivity contribution < 1.29 is 19.1 Å². The van der Waals surface area contributed by atoms with Crippen molar-refractivity contribution >= 4 is 29.0 Å². The average molecular weight is 397 g/mol. The first-order chi connectivity index (χ1) is 13.4. The van der Waals surface area contributed by atoms with Gasteiger partial charge >= 0.3 is 0 Å². The van der Waals surface area contributed by atoms with Crippen LogP contribution in [0.1, 0.15) is 22.3 Å². The van der Waals surface area contributed by atoms with E-state index in [1.807, 2.05) is 57.2 Å². The van der Waals surface area contributed by atoms with Gasteiger partial charge in [-0.2, -0.15) is 0 Å². The van der Waals surface area contributed by atoms with Gasteiger partial charge in [0.1, 0.15) is 18.1 Å². The van der Waals surface area contributed by atoms with Gasteiger partial charge in [-0.25, -0.2) is 0 Å². The molecule has 0 saturated carbocycles. The third kappa shape index (κ3) is 4.39. The van der Waals surface area contributed by atoms with Crippen LogP contribution in [0.15, 0.2) is 41.3 Å². The second-order valence-electron chi connectivity index (χ2n) is 6.68. The minimum Gasteiger partial charge on any atom is -0.496 e. The number of thioether (sulfide) groups is 1. The first kappa shape index (κ1) is 20.0. The zero-order valence-corrected chi connectivity index (χ0v) is 17.3. The monoisotopic (exact) mass is 397 g/mol. The highest BCUT2D eigenvalue weighted by Crippen LogP contribution is 2.33. The summed E-state index contributed by atoms with van der Waals surface area (Å²) in [6, 6.07) is 11.5. The number of aryl methyl sites for hydroxylation is 3. The molecule has 146 valence electrons. The van der Waals surface area contributed by atoms with Crippen LogP contribution in [0, 0.1) is 20.8 Å². The molecule has 0 atom stereocenters. The van der Waals surface area contributed by atoms with Crippen LogP contribution in [0.2, 0.25) is 0 Å². The standard InChI is InChI=1S/C22H23NO4S/c1-14-5-7-18(8-6-14)27-10-9-23-21(24)19(28-22(23)25)13-17-11-15(2)20(26-4)16(3)12-17/h5-8,11-13H,9-10H2,1-4H3/b19-13-. The molecule has 0 spiro atoms. The van der Waals surface area contributed by atoms with Gasteiger partial charge in [0, 0.05) is 0 Å². The Labute approximate surface area is 169 Å². The van der Waals surface area contributed by atoms with E-state index in [4.69, 9.17) is 9.47 Å². The first-order valence-electron chi connectivity index (χ1n) is 8.99. The van der Waals surface area contributed by atoms with Gasteiger partial charge in [0.05, 0.1) is 18.6 Å². The summed E-state index contributed by atoms with van der Waals surface area (Å²) in [4.78, 5) is 26.5. The van der Waals surface area contributed by atoms with E-state index in [1.54, 1.807) is 13.2 Å². The number of rotatable bonds is 6. The van der Waals surface area contributed by atoms with E-state index >= 15 is 0 Å². The van der Waals surface area contributed by atoms with Crippen LogP contribution in [-0.2, 0) is 4.79 Å². The molecule has 1 fully saturated rings. The maximum absolute atomic E-state index is 12.6. The summed E-state index contributed by atoms with van der Waals surface area (Å²) < 4.78 is 11.0. The van der Waals surface area contributed by atoms with Crippen LogP contribution in [0.3, 0.4) is 0 Å². The molecular formula is C22H23NO4S. The van der Waals surface area contributed by atoms with Crippen LogP contribution in [0.25, 0.3) is 6.08 Å². The number of carbonyl (C=O) groups excluding carboxylic acids is 2. The molecule has 0 unspecified atom stereocenters. The summed E-state index contributed by atoms with van der Waals surface area (Å²) in [5.41, 5.74) is 3.99. The molecule has 6 heteroatoms. The maximum Gasteiger partial charge on any atom is 0.293 e. The molecule has 2 aromatic rings. The summed E-state index contributed by atoms with van der Waals surface area (Å²) in [7, 11) is 1.64. The van der Waals surface area contributed by atoms with Crippen molar-refractivity contribution in [1.29, 1.82) is 0 Å². The highest BCUT2D eigenvalue weighted by molar-refractivity contribution is 8.18. The van der Waals surface area contributed by atoms with E-state index in [2.05, 4.69) is 0 Å². The van der Waals surface area contributed by atoms with Gasteiger partial charge in [0.15, 0.2) is 0 Å². The molecule has 1 aliphatic rings. The lowest BCUT2D eigenvalue weighted by Crippen LogP contribution is -2.32. The number of hydrogen-bond acceptors (Lipinski definition) is 5. The predicted molar refractivity (Wildman–Crippen MR) is 112 cm³/mol. The van der Waals surface area contributed by atoms with Crippen molar-refractivity contribution in [3.63, 3.8) is 0 Å². The zero-order chi connectivity index (χ0) is 20.3. The number of nitrogens with zero attached hydrogens (tertiary/aromatic N) is 1. The molecule has 1 saturated heterocycles. The number of benzene rings is 2. The Hall–Kier alpha value is -2.73. The van der Waals surface area contributed by atoms with E-state index in [-0.39, 0.29) is 24.3 Å². The second-order valence-corrected chi connectivity index (χ2v) is 7.68. The summed E-state index contributed by atoms with van der Waals surface area (Å²) >= 11 is 0.958. The van der Waals surface area contributed by atoms with Crippen molar-refractivity contribution in [3.05, 3.63) is 63.6 Å². The van der Waals surface area contributed by atoms with Gasteiger partial charge in [0.25, 0.3) is 11.1 Å². The molecule has 1 aliphatic heterocycles. The molecule has 0 N–H and O–H groups in total. The predicted octanol–water partition coefficient (Wildman–Crippen LogP) is 4.74. The molecule has 0 radical (unpaired) electrons. The third-order valence-corrected chi connectivity index (χ3v) is 5.37. The number of carbonyl (C=O) groups is 2. The number of ether oxygens (including phenoxy) is 2. The first-order valence-corrected chi connectivity index (χ1v) is 9.81. The number of methoxy groups -OCH3 is 1. The average Bonchev–Trinajstić information content (AvgIpc) is 2.90. The summed E-state index contributed by atoms with van der Waals surface area (Å²) in [5, 5.41) is -0.272. The Morgan fingerprint density at radius 1 is 1.04 bits per heavy atom. The molecule has 0 aromatic heterocycles. The normalized spacial score (nSPS) is 15.4. The summed E-state index contributed by atoms with van der Waals surface area (Å²) in [6.07, 6.45) is 1.76. The maximum atomic E-state index is 12.6. The Bertz CT molecular complexity index is 911. The minimum atomic E-state index is -0.284. The highest BCUT2D eigenvalue weighted by atomic mass is 32.2. The Balaban J connectivity index is 1.67. The summed E-state index contributed by atoms with van der Waals surface area (Å²) in [5.74, 6) is 1.27. The lowest BCUT2D eigenvalue weighted by Gasteiger charge is -2.13. The van der Waals surface area contributed by atoms with Crippen LogP contribution >= 0.6 is 11.8 Å². The molecule has 28 heavy (non-hydrogen) atoms. The Morgan fingerprint density at radius 2 is 1.68 bits per heavy atom. The molecule has 1 heterocycles. The Morgan fingerprint density at radius 3 is 2.29 bits per heavy atom.